The minimum absolute atomic E-state index is 0.251. The molecular formula is C29H36N4O5. The van der Waals surface area contributed by atoms with Gasteiger partial charge in [0.05, 0.1) is 24.9 Å². The molecule has 9 heteroatoms. The normalized spacial score (nSPS) is 18.4. The predicted octanol–water partition coefficient (Wildman–Crippen LogP) is 3.37. The highest BCUT2D eigenvalue weighted by molar-refractivity contribution is 5.68. The Balaban J connectivity index is 1.28. The third kappa shape index (κ3) is 5.81. The Kier molecular flexibility index (Phi) is 7.78. The fraction of sp³-hybridized carbons (Fsp3) is 0.483. The van der Waals surface area contributed by atoms with Crippen LogP contribution >= 0.6 is 0 Å². The Morgan fingerprint density at radius 1 is 0.921 bits per heavy atom. The minimum Gasteiger partial charge on any atom is -0.454 e. The zero-order valence-corrected chi connectivity index (χ0v) is 21.8. The molecule has 0 saturated carbocycles. The van der Waals surface area contributed by atoms with Gasteiger partial charge in [0.25, 0.3) is 0 Å². The smallest absolute Gasteiger partial charge is 0.232 e. The van der Waals surface area contributed by atoms with Gasteiger partial charge in [-0.15, -0.1) is 0 Å². The summed E-state index contributed by atoms with van der Waals surface area (Å²) in [4.78, 5) is 6.87. The fourth-order valence-corrected chi connectivity index (χ4v) is 5.58. The Bertz CT molecular complexity index is 1190. The maximum absolute atomic E-state index is 11.2. The Hall–Kier alpha value is -3.11. The van der Waals surface area contributed by atoms with Gasteiger partial charge in [0.15, 0.2) is 11.5 Å². The average molecular weight is 521 g/mol. The van der Waals surface area contributed by atoms with Crippen LogP contribution in [0.15, 0.2) is 53.1 Å². The molecule has 3 aliphatic rings. The molecule has 202 valence electrons. The van der Waals surface area contributed by atoms with Crippen LogP contribution in [-0.4, -0.2) is 85.4 Å². The first-order chi connectivity index (χ1) is 18.7. The molecule has 6 rings (SSSR count). The maximum Gasteiger partial charge on any atom is 0.232 e. The van der Waals surface area contributed by atoms with Crippen molar-refractivity contribution >= 4 is 5.88 Å². The lowest BCUT2D eigenvalue weighted by Crippen LogP contribution is -2.44. The molecule has 3 aromatic rings. The summed E-state index contributed by atoms with van der Waals surface area (Å²) in [5.41, 5.74) is 4.07. The van der Waals surface area contributed by atoms with Crippen molar-refractivity contribution in [2.45, 2.75) is 32.0 Å². The second-order valence-corrected chi connectivity index (χ2v) is 10.3. The Labute approximate surface area is 223 Å². The van der Waals surface area contributed by atoms with E-state index in [1.54, 1.807) is 0 Å². The van der Waals surface area contributed by atoms with Crippen molar-refractivity contribution in [3.63, 3.8) is 0 Å². The van der Waals surface area contributed by atoms with Crippen molar-refractivity contribution in [1.82, 2.24) is 15.0 Å². The van der Waals surface area contributed by atoms with Crippen molar-refractivity contribution < 1.29 is 23.8 Å². The summed E-state index contributed by atoms with van der Waals surface area (Å²) in [5, 5.41) is 15.7. The lowest BCUT2D eigenvalue weighted by Gasteiger charge is -2.31. The van der Waals surface area contributed by atoms with E-state index in [1.807, 2.05) is 30.3 Å². The standard InChI is InChI=1S/C29H36N4O5/c34-24(18-31-12-14-35-15-13-31)19-32(17-22-8-9-26-27(16-22)37-21-36-26)20-25-28(23-6-2-1-3-7-23)30-38-29(25)33-10-4-5-11-33/h1-3,6-9,16,24,34H,4-5,10-15,17-21H2. The van der Waals surface area contributed by atoms with Gasteiger partial charge in [0, 0.05) is 57.9 Å². The van der Waals surface area contributed by atoms with E-state index >= 15 is 0 Å². The summed E-state index contributed by atoms with van der Waals surface area (Å²) >= 11 is 0. The SMILES string of the molecule is OC(CN1CCOCC1)CN(Cc1ccc2c(c1)OCO2)Cc1c(-c2ccccc2)noc1N1CCCC1. The van der Waals surface area contributed by atoms with E-state index in [9.17, 15) is 5.11 Å². The highest BCUT2D eigenvalue weighted by Crippen LogP contribution is 2.36. The molecule has 0 spiro atoms. The van der Waals surface area contributed by atoms with Gasteiger partial charge >= 0.3 is 0 Å². The number of ether oxygens (including phenoxy) is 3. The number of hydrogen-bond acceptors (Lipinski definition) is 9. The van der Waals surface area contributed by atoms with Crippen molar-refractivity contribution in [2.75, 3.05) is 64.2 Å². The summed E-state index contributed by atoms with van der Waals surface area (Å²) in [6.07, 6.45) is 1.80. The van der Waals surface area contributed by atoms with Crippen molar-refractivity contribution in [3.05, 3.63) is 59.7 Å². The van der Waals surface area contributed by atoms with E-state index in [1.165, 1.54) is 0 Å². The topological polar surface area (TPSA) is 83.7 Å². The number of aliphatic hydroxyl groups is 1. The van der Waals surface area contributed by atoms with Gasteiger partial charge in [-0.25, -0.2) is 0 Å². The molecule has 0 radical (unpaired) electrons. The lowest BCUT2D eigenvalue weighted by atomic mass is 10.1. The van der Waals surface area contributed by atoms with Crippen LogP contribution in [0, 0.1) is 0 Å². The fourth-order valence-electron chi connectivity index (χ4n) is 5.58. The summed E-state index contributed by atoms with van der Waals surface area (Å²) in [6, 6.07) is 16.3. The van der Waals surface area contributed by atoms with Gasteiger partial charge in [-0.05, 0) is 30.5 Å². The molecule has 0 bridgehead atoms. The van der Waals surface area contributed by atoms with E-state index in [-0.39, 0.29) is 6.79 Å². The molecule has 4 heterocycles. The largest absolute Gasteiger partial charge is 0.454 e. The molecule has 1 aromatic heterocycles. The number of anilines is 1. The number of aliphatic hydroxyl groups excluding tert-OH is 1. The number of hydrogen-bond donors (Lipinski definition) is 1. The number of β-amino-alcohol motifs (C(OH)–C–C–N with tert-alkyl or cyclic N) is 1. The van der Waals surface area contributed by atoms with Gasteiger partial charge in [-0.2, -0.15) is 0 Å². The molecule has 2 saturated heterocycles. The van der Waals surface area contributed by atoms with Crippen LogP contribution in [0.2, 0.25) is 0 Å². The molecule has 9 nitrogen and oxygen atoms in total. The van der Waals surface area contributed by atoms with Crippen LogP contribution in [0.1, 0.15) is 24.0 Å². The number of rotatable bonds is 10. The third-order valence-corrected chi connectivity index (χ3v) is 7.47. The van der Waals surface area contributed by atoms with E-state index < -0.39 is 6.10 Å². The first-order valence-corrected chi connectivity index (χ1v) is 13.6. The molecule has 0 amide bonds. The molecule has 3 aliphatic heterocycles. The number of morpholine rings is 1. The molecule has 0 aliphatic carbocycles. The zero-order valence-electron chi connectivity index (χ0n) is 21.8. The third-order valence-electron chi connectivity index (χ3n) is 7.47. The zero-order chi connectivity index (χ0) is 25.7. The van der Waals surface area contributed by atoms with Crippen LogP contribution in [0.5, 0.6) is 11.5 Å². The van der Waals surface area contributed by atoms with Crippen molar-refractivity contribution in [1.29, 1.82) is 0 Å². The number of fused-ring (bicyclic) bond motifs is 1. The molecule has 1 N–H and O–H groups in total. The first-order valence-electron chi connectivity index (χ1n) is 13.6. The number of benzene rings is 2. The van der Waals surface area contributed by atoms with Crippen LogP contribution in [-0.2, 0) is 17.8 Å². The first kappa shape index (κ1) is 25.2. The number of nitrogens with zero attached hydrogens (tertiary/aromatic N) is 4. The second kappa shape index (κ2) is 11.7. The van der Waals surface area contributed by atoms with E-state index in [0.29, 0.717) is 39.4 Å². The molecule has 1 unspecified atom stereocenters. The Morgan fingerprint density at radius 2 is 1.71 bits per heavy atom. The number of aromatic nitrogens is 1. The summed E-state index contributed by atoms with van der Waals surface area (Å²) < 4.78 is 22.6. The molecule has 2 aromatic carbocycles. The second-order valence-electron chi connectivity index (χ2n) is 10.3. The van der Waals surface area contributed by atoms with Gasteiger partial charge in [0.2, 0.25) is 12.7 Å². The molecule has 38 heavy (non-hydrogen) atoms. The van der Waals surface area contributed by atoms with Gasteiger partial charge in [-0.3, -0.25) is 9.80 Å². The highest BCUT2D eigenvalue weighted by atomic mass is 16.7. The van der Waals surface area contributed by atoms with E-state index in [0.717, 1.165) is 78.8 Å². The monoisotopic (exact) mass is 520 g/mol. The van der Waals surface area contributed by atoms with Gasteiger partial charge < -0.3 is 28.7 Å². The van der Waals surface area contributed by atoms with E-state index in [4.69, 9.17) is 18.7 Å². The molecular weight excluding hydrogens is 484 g/mol. The van der Waals surface area contributed by atoms with Gasteiger partial charge in [-0.1, -0.05) is 41.6 Å². The van der Waals surface area contributed by atoms with Crippen LogP contribution in [0.3, 0.4) is 0 Å². The minimum atomic E-state index is -0.502. The van der Waals surface area contributed by atoms with E-state index in [2.05, 4.69) is 38.1 Å². The highest BCUT2D eigenvalue weighted by Gasteiger charge is 2.28. The van der Waals surface area contributed by atoms with Crippen LogP contribution < -0.4 is 14.4 Å². The summed E-state index contributed by atoms with van der Waals surface area (Å²) in [5.74, 6) is 2.39. The Morgan fingerprint density at radius 3 is 2.53 bits per heavy atom. The van der Waals surface area contributed by atoms with Gasteiger partial charge in [0.1, 0.15) is 5.69 Å². The van der Waals surface area contributed by atoms with Crippen LogP contribution in [0.25, 0.3) is 11.3 Å². The summed E-state index contributed by atoms with van der Waals surface area (Å²) in [7, 11) is 0. The molecule has 1 atom stereocenters. The van der Waals surface area contributed by atoms with Crippen molar-refractivity contribution in [3.8, 4) is 22.8 Å². The predicted molar refractivity (Wildman–Crippen MR) is 143 cm³/mol. The van der Waals surface area contributed by atoms with Crippen molar-refractivity contribution in [2.24, 2.45) is 0 Å². The van der Waals surface area contributed by atoms with Crippen LogP contribution in [0.4, 0.5) is 5.88 Å². The quantitative estimate of drug-likeness (QED) is 0.433. The summed E-state index contributed by atoms with van der Waals surface area (Å²) in [6.45, 7) is 7.72. The average Bonchev–Trinajstić information content (AvgIpc) is 3.71. The molecule has 2 fully saturated rings. The maximum atomic E-state index is 11.2. The lowest BCUT2D eigenvalue weighted by molar-refractivity contribution is 0.00557.